The summed E-state index contributed by atoms with van der Waals surface area (Å²) in [6.45, 7) is 3.57. The number of nitrogens with one attached hydrogen (secondary N) is 1. The molecular formula is C16H26N2O2S. The third kappa shape index (κ3) is 4.80. The van der Waals surface area contributed by atoms with E-state index in [-0.39, 0.29) is 11.8 Å². The van der Waals surface area contributed by atoms with Crippen molar-refractivity contribution in [3.8, 4) is 0 Å². The lowest BCUT2D eigenvalue weighted by Gasteiger charge is -2.21. The average Bonchev–Trinajstić information content (AvgIpc) is 3.26. The van der Waals surface area contributed by atoms with Gasteiger partial charge in [0.25, 0.3) is 0 Å². The molecule has 5 heteroatoms. The van der Waals surface area contributed by atoms with Gasteiger partial charge in [0, 0.05) is 19.1 Å². The summed E-state index contributed by atoms with van der Waals surface area (Å²) in [5, 5.41) is 3.09. The molecule has 1 aromatic carbocycles. The molecule has 0 atom stereocenters. The molecule has 0 heterocycles. The fourth-order valence-electron chi connectivity index (χ4n) is 2.48. The smallest absolute Gasteiger partial charge is 0.218 e. The summed E-state index contributed by atoms with van der Waals surface area (Å²) in [5.74, 6) is 0.118. The zero-order chi connectivity index (χ0) is 15.3. The first-order chi connectivity index (χ1) is 10.1. The van der Waals surface area contributed by atoms with Crippen LogP contribution in [0, 0.1) is 0 Å². The van der Waals surface area contributed by atoms with Crippen LogP contribution in [0.4, 0.5) is 0 Å². The number of nitrogens with zero attached hydrogens (tertiary/aromatic N) is 1. The third-order valence-electron chi connectivity index (χ3n) is 3.80. The van der Waals surface area contributed by atoms with Gasteiger partial charge in [0.15, 0.2) is 0 Å². The number of sulfonamides is 1. The summed E-state index contributed by atoms with van der Waals surface area (Å²) < 4.78 is 27.0. The van der Waals surface area contributed by atoms with Crippen molar-refractivity contribution < 1.29 is 8.42 Å². The number of rotatable bonds is 9. The van der Waals surface area contributed by atoms with E-state index in [9.17, 15) is 8.42 Å². The van der Waals surface area contributed by atoms with Crippen molar-refractivity contribution in [1.82, 2.24) is 9.62 Å². The molecule has 0 aliphatic heterocycles. The van der Waals surface area contributed by atoms with E-state index in [0.29, 0.717) is 6.54 Å². The summed E-state index contributed by atoms with van der Waals surface area (Å²) in [7, 11) is -1.29. The minimum Gasteiger partial charge on any atom is -0.316 e. The molecule has 21 heavy (non-hydrogen) atoms. The lowest BCUT2D eigenvalue weighted by Crippen LogP contribution is -2.35. The molecule has 0 unspecified atom stereocenters. The number of benzene rings is 1. The highest BCUT2D eigenvalue weighted by Gasteiger charge is 2.36. The van der Waals surface area contributed by atoms with Gasteiger partial charge < -0.3 is 5.32 Å². The fraction of sp³-hybridized carbons (Fsp3) is 0.625. The molecule has 118 valence electrons. The maximum atomic E-state index is 12.6. The first-order valence-electron chi connectivity index (χ1n) is 7.78. The number of hydrogen-bond donors (Lipinski definition) is 1. The van der Waals surface area contributed by atoms with Crippen LogP contribution in [0.15, 0.2) is 24.3 Å². The molecule has 0 radical (unpaired) electrons. The zero-order valence-corrected chi connectivity index (χ0v) is 13.8. The van der Waals surface area contributed by atoms with E-state index in [1.807, 2.05) is 31.3 Å². The van der Waals surface area contributed by atoms with Crippen molar-refractivity contribution >= 4 is 10.0 Å². The quantitative estimate of drug-likeness (QED) is 0.762. The zero-order valence-electron chi connectivity index (χ0n) is 13.0. The number of unbranched alkanes of at least 4 members (excludes halogenated alkanes) is 1. The van der Waals surface area contributed by atoms with Gasteiger partial charge in [-0.25, -0.2) is 8.42 Å². The van der Waals surface area contributed by atoms with E-state index >= 15 is 0 Å². The predicted molar refractivity (Wildman–Crippen MR) is 86.5 cm³/mol. The molecule has 0 spiro atoms. The fourth-order valence-corrected chi connectivity index (χ4v) is 4.33. The van der Waals surface area contributed by atoms with E-state index in [4.69, 9.17) is 0 Å². The lowest BCUT2D eigenvalue weighted by molar-refractivity contribution is 0.395. The summed E-state index contributed by atoms with van der Waals surface area (Å²) in [6.07, 6.45) is 4.00. The summed E-state index contributed by atoms with van der Waals surface area (Å²) in [5.41, 5.74) is 2.04. The molecule has 4 nitrogen and oxygen atoms in total. The van der Waals surface area contributed by atoms with Crippen molar-refractivity contribution in [1.29, 1.82) is 0 Å². The van der Waals surface area contributed by atoms with Crippen LogP contribution in [-0.4, -0.2) is 32.4 Å². The van der Waals surface area contributed by atoms with Crippen molar-refractivity contribution in [3.63, 3.8) is 0 Å². The molecule has 2 rings (SSSR count). The second-order valence-corrected chi connectivity index (χ2v) is 7.72. The van der Waals surface area contributed by atoms with E-state index in [2.05, 4.69) is 12.2 Å². The Kier molecular flexibility index (Phi) is 5.79. The topological polar surface area (TPSA) is 49.4 Å². The predicted octanol–water partition coefficient (Wildman–Crippen LogP) is 2.50. The van der Waals surface area contributed by atoms with Crippen LogP contribution in [0.2, 0.25) is 0 Å². The van der Waals surface area contributed by atoms with E-state index in [0.717, 1.165) is 37.8 Å². The number of hydrogen-bond acceptors (Lipinski definition) is 3. The molecular weight excluding hydrogens is 284 g/mol. The van der Waals surface area contributed by atoms with Crippen LogP contribution >= 0.6 is 0 Å². The van der Waals surface area contributed by atoms with Crippen LogP contribution in [0.25, 0.3) is 0 Å². The molecule has 1 aliphatic carbocycles. The Morgan fingerprint density at radius 3 is 2.33 bits per heavy atom. The van der Waals surface area contributed by atoms with Crippen LogP contribution in [0.5, 0.6) is 0 Å². The molecule has 1 aromatic rings. The molecule has 1 N–H and O–H groups in total. The van der Waals surface area contributed by atoms with Gasteiger partial charge in [-0.3, -0.25) is 0 Å². The summed E-state index contributed by atoms with van der Waals surface area (Å²) >= 11 is 0. The highest BCUT2D eigenvalue weighted by atomic mass is 32.2. The maximum Gasteiger partial charge on any atom is 0.218 e. The molecule has 0 bridgehead atoms. The monoisotopic (exact) mass is 310 g/mol. The minimum atomic E-state index is -3.19. The molecule has 1 fully saturated rings. The van der Waals surface area contributed by atoms with Gasteiger partial charge in [-0.2, -0.15) is 4.31 Å². The first-order valence-corrected chi connectivity index (χ1v) is 9.39. The lowest BCUT2D eigenvalue weighted by atomic mass is 10.1. The van der Waals surface area contributed by atoms with Crippen molar-refractivity contribution in [2.45, 2.75) is 50.9 Å². The van der Waals surface area contributed by atoms with Gasteiger partial charge in [0.05, 0.1) is 5.75 Å². The Morgan fingerprint density at radius 1 is 1.19 bits per heavy atom. The van der Waals surface area contributed by atoms with Crippen LogP contribution in [0.1, 0.15) is 43.7 Å². The standard InChI is InChI=1S/C16H26N2O2S/c1-3-4-11-18(16-9-10-16)21(19,20)13-15-7-5-14(6-8-15)12-17-2/h5-8,16-17H,3-4,9-13H2,1-2H3. The van der Waals surface area contributed by atoms with Crippen LogP contribution in [-0.2, 0) is 22.3 Å². The SMILES string of the molecule is CCCCN(C1CC1)S(=O)(=O)Cc1ccc(CNC)cc1. The second kappa shape index (κ2) is 7.38. The van der Waals surface area contributed by atoms with Crippen LogP contribution < -0.4 is 5.32 Å². The van der Waals surface area contributed by atoms with Crippen LogP contribution in [0.3, 0.4) is 0 Å². The first kappa shape index (κ1) is 16.5. The third-order valence-corrected chi connectivity index (χ3v) is 5.69. The molecule has 1 saturated carbocycles. The average molecular weight is 310 g/mol. The molecule has 0 aromatic heterocycles. The van der Waals surface area contributed by atoms with Gasteiger partial charge in [-0.05, 0) is 37.4 Å². The normalized spacial score (nSPS) is 15.6. The Hall–Kier alpha value is -0.910. The Balaban J connectivity index is 2.04. The van der Waals surface area contributed by atoms with Gasteiger partial charge in [-0.1, -0.05) is 37.6 Å². The van der Waals surface area contributed by atoms with Gasteiger partial charge >= 0.3 is 0 Å². The highest BCUT2D eigenvalue weighted by molar-refractivity contribution is 7.88. The Morgan fingerprint density at radius 2 is 1.81 bits per heavy atom. The van der Waals surface area contributed by atoms with Gasteiger partial charge in [0.2, 0.25) is 10.0 Å². The summed E-state index contributed by atoms with van der Waals surface area (Å²) in [6, 6.07) is 8.10. The van der Waals surface area contributed by atoms with E-state index < -0.39 is 10.0 Å². The Labute approximate surface area is 128 Å². The largest absolute Gasteiger partial charge is 0.316 e. The van der Waals surface area contributed by atoms with E-state index in [1.54, 1.807) is 4.31 Å². The van der Waals surface area contributed by atoms with Crippen molar-refractivity contribution in [2.75, 3.05) is 13.6 Å². The Bertz CT molecular complexity index is 536. The van der Waals surface area contributed by atoms with Gasteiger partial charge in [-0.15, -0.1) is 0 Å². The van der Waals surface area contributed by atoms with E-state index in [1.165, 1.54) is 5.56 Å². The molecule has 0 saturated heterocycles. The molecule has 0 amide bonds. The van der Waals surface area contributed by atoms with Gasteiger partial charge in [0.1, 0.15) is 0 Å². The van der Waals surface area contributed by atoms with Crippen molar-refractivity contribution in [3.05, 3.63) is 35.4 Å². The minimum absolute atomic E-state index is 0.118. The second-order valence-electron chi connectivity index (χ2n) is 5.80. The molecule has 1 aliphatic rings. The maximum absolute atomic E-state index is 12.6. The highest BCUT2D eigenvalue weighted by Crippen LogP contribution is 2.30. The summed E-state index contributed by atoms with van der Waals surface area (Å²) in [4.78, 5) is 0. The van der Waals surface area contributed by atoms with Crippen molar-refractivity contribution in [2.24, 2.45) is 0 Å².